The van der Waals surface area contributed by atoms with Crippen LogP contribution in [0.25, 0.3) is 22.4 Å². The van der Waals surface area contributed by atoms with Gasteiger partial charge < -0.3 is 10.2 Å². The third kappa shape index (κ3) is 2.00. The highest BCUT2D eigenvalue weighted by atomic mass is 19.1. The number of hydrogen-bond acceptors (Lipinski definition) is 3. The van der Waals surface area contributed by atoms with Gasteiger partial charge in [0.25, 0.3) is 5.91 Å². The third-order valence-corrected chi connectivity index (χ3v) is 6.02. The molecule has 1 atom stereocenters. The molecular weight excluding hydrogens is 379 g/mol. The van der Waals surface area contributed by atoms with Crippen LogP contribution in [0, 0.1) is 5.82 Å². The molecule has 1 aromatic heterocycles. The van der Waals surface area contributed by atoms with E-state index in [0.29, 0.717) is 17.9 Å². The summed E-state index contributed by atoms with van der Waals surface area (Å²) in [7, 11) is 0. The maximum atomic E-state index is 14.5. The summed E-state index contributed by atoms with van der Waals surface area (Å²) in [5, 5.41) is 3.49. The van der Waals surface area contributed by atoms with Crippen LogP contribution in [0.2, 0.25) is 0 Å². The molecule has 3 aromatic carbocycles. The number of carbonyl (C=O) groups excluding carboxylic acids is 1. The highest BCUT2D eigenvalue weighted by molar-refractivity contribution is 6.12. The van der Waals surface area contributed by atoms with Crippen molar-refractivity contribution in [2.45, 2.75) is 19.0 Å². The average Bonchev–Trinajstić information content (AvgIpc) is 3.25. The molecule has 1 unspecified atom stereocenters. The normalized spacial score (nSPS) is 19.0. The number of imidazole rings is 1. The van der Waals surface area contributed by atoms with Crippen molar-refractivity contribution < 1.29 is 9.18 Å². The molecule has 0 radical (unpaired) electrons. The average molecular weight is 398 g/mol. The molecule has 1 spiro atoms. The van der Waals surface area contributed by atoms with E-state index in [-0.39, 0.29) is 11.7 Å². The lowest BCUT2D eigenvalue weighted by atomic mass is 9.95. The zero-order valence-electron chi connectivity index (χ0n) is 16.4. The number of carbonyl (C=O) groups is 1. The van der Waals surface area contributed by atoms with E-state index >= 15 is 0 Å². The number of anilines is 2. The zero-order valence-corrected chi connectivity index (χ0v) is 16.4. The second kappa shape index (κ2) is 5.92. The van der Waals surface area contributed by atoms with E-state index in [1.165, 1.54) is 12.1 Å². The Labute approximate surface area is 172 Å². The molecule has 30 heavy (non-hydrogen) atoms. The first-order chi connectivity index (χ1) is 14.6. The topological polar surface area (TPSA) is 50.2 Å². The van der Waals surface area contributed by atoms with Crippen LogP contribution in [-0.2, 0) is 10.5 Å². The Hall–Kier alpha value is -3.67. The number of rotatable bonds is 2. The predicted octanol–water partition coefficient (Wildman–Crippen LogP) is 4.73. The summed E-state index contributed by atoms with van der Waals surface area (Å²) in [4.78, 5) is 20.7. The van der Waals surface area contributed by atoms with Crippen molar-refractivity contribution in [2.24, 2.45) is 0 Å². The van der Waals surface area contributed by atoms with Crippen molar-refractivity contribution in [3.8, 4) is 11.4 Å². The van der Waals surface area contributed by atoms with Gasteiger partial charge in [0.1, 0.15) is 11.6 Å². The molecule has 5 nitrogen and oxygen atoms in total. The van der Waals surface area contributed by atoms with E-state index in [1.807, 2.05) is 60.0 Å². The van der Waals surface area contributed by atoms with Gasteiger partial charge >= 0.3 is 0 Å². The first-order valence-corrected chi connectivity index (χ1v) is 10.1. The highest BCUT2D eigenvalue weighted by Crippen LogP contribution is 2.50. The molecule has 0 saturated carbocycles. The van der Waals surface area contributed by atoms with Crippen molar-refractivity contribution in [3.05, 3.63) is 78.1 Å². The van der Waals surface area contributed by atoms with Gasteiger partial charge in [-0.15, -0.1) is 0 Å². The molecule has 6 heteroatoms. The standard InChI is InChI=1S/C24H19FN4O/c1-2-13-28-20-12-11-15(25)14-17(20)24(23(28)30)27-18-8-4-3-7-16(18)22-26-19-9-5-6-10-21(19)29(22)24/h3-12,14,27H,2,13H2,1H3. The maximum Gasteiger partial charge on any atom is 0.279 e. The van der Waals surface area contributed by atoms with Gasteiger partial charge in [-0.2, -0.15) is 0 Å². The van der Waals surface area contributed by atoms with Crippen LogP contribution < -0.4 is 10.2 Å². The highest BCUT2D eigenvalue weighted by Gasteiger charge is 2.56. The summed E-state index contributed by atoms with van der Waals surface area (Å²) in [5.41, 5.74) is 3.41. The van der Waals surface area contributed by atoms with Gasteiger partial charge in [0.15, 0.2) is 0 Å². The van der Waals surface area contributed by atoms with E-state index in [1.54, 1.807) is 11.0 Å². The lowest BCUT2D eigenvalue weighted by molar-refractivity contribution is -0.123. The van der Waals surface area contributed by atoms with Gasteiger partial charge in [0, 0.05) is 23.4 Å². The number of nitrogens with one attached hydrogen (secondary N) is 1. The number of nitrogens with zero attached hydrogens (tertiary/aromatic N) is 3. The second-order valence-corrected chi connectivity index (χ2v) is 7.76. The Morgan fingerprint density at radius 3 is 2.73 bits per heavy atom. The van der Waals surface area contributed by atoms with Crippen LogP contribution in [0.5, 0.6) is 0 Å². The summed E-state index contributed by atoms with van der Waals surface area (Å²) >= 11 is 0. The number of halogens is 1. The van der Waals surface area contributed by atoms with Gasteiger partial charge in [0.05, 0.1) is 16.7 Å². The van der Waals surface area contributed by atoms with Crippen LogP contribution in [0.4, 0.5) is 15.8 Å². The molecule has 0 bridgehead atoms. The Kier molecular flexibility index (Phi) is 3.40. The molecule has 148 valence electrons. The molecule has 2 aliphatic heterocycles. The molecule has 2 aliphatic rings. The van der Waals surface area contributed by atoms with Gasteiger partial charge in [-0.25, -0.2) is 9.37 Å². The van der Waals surface area contributed by atoms with E-state index in [4.69, 9.17) is 4.98 Å². The minimum absolute atomic E-state index is 0.121. The molecule has 0 fully saturated rings. The number of fused-ring (bicyclic) bond motifs is 8. The lowest BCUT2D eigenvalue weighted by Gasteiger charge is -2.38. The van der Waals surface area contributed by atoms with Crippen LogP contribution in [0.3, 0.4) is 0 Å². The third-order valence-electron chi connectivity index (χ3n) is 6.02. The van der Waals surface area contributed by atoms with Crippen molar-refractivity contribution in [3.63, 3.8) is 0 Å². The molecule has 1 N–H and O–H groups in total. The lowest BCUT2D eigenvalue weighted by Crippen LogP contribution is -2.53. The summed E-state index contributed by atoms with van der Waals surface area (Å²) in [5.74, 6) is 0.210. The largest absolute Gasteiger partial charge is 0.350 e. The van der Waals surface area contributed by atoms with Crippen LogP contribution >= 0.6 is 0 Å². The van der Waals surface area contributed by atoms with Gasteiger partial charge in [-0.05, 0) is 48.9 Å². The second-order valence-electron chi connectivity index (χ2n) is 7.76. The first kappa shape index (κ1) is 17.2. The Morgan fingerprint density at radius 2 is 1.87 bits per heavy atom. The summed E-state index contributed by atoms with van der Waals surface area (Å²) in [6, 6.07) is 20.2. The van der Waals surface area contributed by atoms with E-state index in [9.17, 15) is 9.18 Å². The van der Waals surface area contributed by atoms with Crippen LogP contribution in [0.15, 0.2) is 66.7 Å². The summed E-state index contributed by atoms with van der Waals surface area (Å²) in [6.07, 6.45) is 0.798. The fourth-order valence-corrected chi connectivity index (χ4v) is 4.82. The number of para-hydroxylation sites is 3. The minimum atomic E-state index is -1.29. The van der Waals surface area contributed by atoms with Crippen LogP contribution in [0.1, 0.15) is 18.9 Å². The minimum Gasteiger partial charge on any atom is -0.350 e. The van der Waals surface area contributed by atoms with Crippen molar-refractivity contribution in [1.82, 2.24) is 9.55 Å². The molecule has 6 rings (SSSR count). The Bertz CT molecular complexity index is 1340. The summed E-state index contributed by atoms with van der Waals surface area (Å²) in [6.45, 7) is 2.59. The van der Waals surface area contributed by atoms with Gasteiger partial charge in [0.2, 0.25) is 5.66 Å². The number of amides is 1. The predicted molar refractivity (Wildman–Crippen MR) is 115 cm³/mol. The Balaban J connectivity index is 1.76. The zero-order chi connectivity index (χ0) is 20.5. The molecular formula is C24H19FN4O. The summed E-state index contributed by atoms with van der Waals surface area (Å²) < 4.78 is 16.4. The molecule has 0 saturated heterocycles. The quantitative estimate of drug-likeness (QED) is 0.531. The molecule has 1 amide bonds. The van der Waals surface area contributed by atoms with Crippen molar-refractivity contribution >= 4 is 28.3 Å². The first-order valence-electron chi connectivity index (χ1n) is 10.1. The smallest absolute Gasteiger partial charge is 0.279 e. The maximum absolute atomic E-state index is 14.5. The monoisotopic (exact) mass is 398 g/mol. The van der Waals surface area contributed by atoms with Gasteiger partial charge in [-0.1, -0.05) is 31.2 Å². The van der Waals surface area contributed by atoms with Crippen molar-refractivity contribution in [2.75, 3.05) is 16.8 Å². The van der Waals surface area contributed by atoms with Crippen molar-refractivity contribution in [1.29, 1.82) is 0 Å². The van der Waals surface area contributed by atoms with E-state index < -0.39 is 5.66 Å². The fraction of sp³-hybridized carbons (Fsp3) is 0.167. The van der Waals surface area contributed by atoms with Gasteiger partial charge in [-0.3, -0.25) is 9.36 Å². The molecule has 3 heterocycles. The molecule has 0 aliphatic carbocycles. The SMILES string of the molecule is CCCN1C(=O)C2(Nc3ccccc3-c3nc4ccccc4n32)c2cc(F)ccc21. The van der Waals surface area contributed by atoms with Crippen LogP contribution in [-0.4, -0.2) is 22.0 Å². The van der Waals surface area contributed by atoms with E-state index in [0.717, 1.165) is 34.4 Å². The number of hydrogen-bond donors (Lipinski definition) is 1. The molecule has 4 aromatic rings. The number of aromatic nitrogens is 2. The number of benzene rings is 3. The van der Waals surface area contributed by atoms with E-state index in [2.05, 4.69) is 5.32 Å². The fourth-order valence-electron chi connectivity index (χ4n) is 4.82. The Morgan fingerprint density at radius 1 is 1.07 bits per heavy atom.